The van der Waals surface area contributed by atoms with Crippen molar-refractivity contribution in [2.24, 2.45) is 5.92 Å². The molecule has 0 fully saturated rings. The Hall–Kier alpha value is -1.49. The summed E-state index contributed by atoms with van der Waals surface area (Å²) in [5.74, 6) is -0.173. The average Bonchev–Trinajstić information content (AvgIpc) is 2.37. The molecule has 2 N–H and O–H groups in total. The molecule has 5 heteroatoms. The van der Waals surface area contributed by atoms with E-state index in [0.717, 1.165) is 10.6 Å². The van der Waals surface area contributed by atoms with Crippen LogP contribution >= 0.6 is 11.8 Å². The van der Waals surface area contributed by atoms with Crippen LogP contribution in [0.3, 0.4) is 0 Å². The molecule has 1 amide bonds. The van der Waals surface area contributed by atoms with Gasteiger partial charge in [0.25, 0.3) is 0 Å². The van der Waals surface area contributed by atoms with Crippen molar-refractivity contribution in [2.45, 2.75) is 24.7 Å². The highest BCUT2D eigenvalue weighted by atomic mass is 32.2. The molecule has 1 rings (SSSR count). The second-order valence-corrected chi connectivity index (χ2v) is 5.59. The second kappa shape index (κ2) is 8.58. The van der Waals surface area contributed by atoms with Crippen molar-refractivity contribution in [3.05, 3.63) is 30.3 Å². The zero-order chi connectivity index (χ0) is 14.1. The van der Waals surface area contributed by atoms with E-state index in [9.17, 15) is 9.59 Å². The van der Waals surface area contributed by atoms with Crippen molar-refractivity contribution < 1.29 is 14.7 Å². The Bertz CT molecular complexity index is 408. The Balaban J connectivity index is 2.13. The first-order valence-electron chi connectivity index (χ1n) is 6.24. The Kier molecular flexibility index (Phi) is 7.03. The Morgan fingerprint density at radius 3 is 2.63 bits per heavy atom. The van der Waals surface area contributed by atoms with Gasteiger partial charge in [-0.15, -0.1) is 11.8 Å². The van der Waals surface area contributed by atoms with E-state index in [1.54, 1.807) is 11.8 Å². The summed E-state index contributed by atoms with van der Waals surface area (Å²) in [7, 11) is 0. The van der Waals surface area contributed by atoms with Gasteiger partial charge in [0, 0.05) is 30.0 Å². The second-order valence-electron chi connectivity index (χ2n) is 4.42. The number of nitrogens with one attached hydrogen (secondary N) is 1. The zero-order valence-electron chi connectivity index (χ0n) is 11.0. The molecule has 0 aliphatic carbocycles. The summed E-state index contributed by atoms with van der Waals surface area (Å²) in [5.41, 5.74) is 0. The van der Waals surface area contributed by atoms with Crippen LogP contribution in [0.1, 0.15) is 19.8 Å². The molecule has 0 saturated carbocycles. The molecule has 1 aromatic rings. The monoisotopic (exact) mass is 281 g/mol. The average molecular weight is 281 g/mol. The molecule has 1 aromatic carbocycles. The number of thioether (sulfide) groups is 1. The van der Waals surface area contributed by atoms with Crippen LogP contribution in [0.4, 0.5) is 0 Å². The fourth-order valence-corrected chi connectivity index (χ4v) is 2.40. The molecule has 0 spiro atoms. The molecule has 0 bridgehead atoms. The van der Waals surface area contributed by atoms with Gasteiger partial charge >= 0.3 is 5.97 Å². The minimum absolute atomic E-state index is 0.0272. The van der Waals surface area contributed by atoms with Crippen molar-refractivity contribution in [1.29, 1.82) is 0 Å². The van der Waals surface area contributed by atoms with Crippen molar-refractivity contribution in [3.8, 4) is 0 Å². The summed E-state index contributed by atoms with van der Waals surface area (Å²) < 4.78 is 0. The number of benzene rings is 1. The van der Waals surface area contributed by atoms with Gasteiger partial charge in [0.2, 0.25) is 5.91 Å². The number of amides is 1. The molecular formula is C14H19NO3S. The first kappa shape index (κ1) is 15.6. The van der Waals surface area contributed by atoms with Gasteiger partial charge in [-0.2, -0.15) is 0 Å². The summed E-state index contributed by atoms with van der Waals surface area (Å²) in [6.07, 6.45) is 0.526. The smallest absolute Gasteiger partial charge is 0.303 e. The van der Waals surface area contributed by atoms with Crippen molar-refractivity contribution >= 4 is 23.6 Å². The zero-order valence-corrected chi connectivity index (χ0v) is 11.8. The maximum Gasteiger partial charge on any atom is 0.303 e. The van der Waals surface area contributed by atoms with Crippen LogP contribution in [-0.2, 0) is 9.59 Å². The number of carbonyl (C=O) groups excluding carboxylic acids is 1. The van der Waals surface area contributed by atoms with Crippen LogP contribution in [0.15, 0.2) is 35.2 Å². The van der Waals surface area contributed by atoms with Gasteiger partial charge in [0.1, 0.15) is 0 Å². The maximum atomic E-state index is 11.6. The van der Waals surface area contributed by atoms with Crippen molar-refractivity contribution in [1.82, 2.24) is 5.32 Å². The predicted octanol–water partition coefficient (Wildman–Crippen LogP) is 2.40. The van der Waals surface area contributed by atoms with E-state index in [1.165, 1.54) is 0 Å². The molecule has 0 heterocycles. The van der Waals surface area contributed by atoms with Crippen LogP contribution < -0.4 is 5.32 Å². The number of aliphatic carboxylic acids is 1. The summed E-state index contributed by atoms with van der Waals surface area (Å²) in [6.45, 7) is 2.23. The summed E-state index contributed by atoms with van der Waals surface area (Å²) >= 11 is 1.64. The molecule has 0 saturated heterocycles. The SMILES string of the molecule is CC(CNC(=O)CCSc1ccccc1)CC(=O)O. The number of carbonyl (C=O) groups is 2. The Morgan fingerprint density at radius 1 is 1.32 bits per heavy atom. The molecule has 0 aliphatic rings. The minimum Gasteiger partial charge on any atom is -0.481 e. The van der Waals surface area contributed by atoms with Gasteiger partial charge in [-0.3, -0.25) is 9.59 Å². The summed E-state index contributed by atoms with van der Waals surface area (Å²) in [6, 6.07) is 9.92. The Labute approximate surface area is 117 Å². The number of rotatable bonds is 8. The number of hydrogen-bond donors (Lipinski definition) is 2. The van der Waals surface area contributed by atoms with E-state index in [0.29, 0.717) is 13.0 Å². The first-order chi connectivity index (χ1) is 9.08. The molecule has 1 unspecified atom stereocenters. The lowest BCUT2D eigenvalue weighted by atomic mass is 10.1. The predicted molar refractivity (Wildman–Crippen MR) is 76.2 cm³/mol. The van der Waals surface area contributed by atoms with E-state index in [4.69, 9.17) is 5.11 Å². The molecule has 1 atom stereocenters. The van der Waals surface area contributed by atoms with Gasteiger partial charge < -0.3 is 10.4 Å². The highest BCUT2D eigenvalue weighted by Gasteiger charge is 2.09. The lowest BCUT2D eigenvalue weighted by Crippen LogP contribution is -2.29. The molecule has 4 nitrogen and oxygen atoms in total. The van der Waals surface area contributed by atoms with E-state index in [2.05, 4.69) is 5.32 Å². The third-order valence-corrected chi connectivity index (χ3v) is 3.53. The Morgan fingerprint density at radius 2 is 2.00 bits per heavy atom. The van der Waals surface area contributed by atoms with Crippen LogP contribution in [0.5, 0.6) is 0 Å². The molecule has 0 radical (unpaired) electrons. The van der Waals surface area contributed by atoms with Gasteiger partial charge in [-0.1, -0.05) is 25.1 Å². The fourth-order valence-electron chi connectivity index (χ4n) is 1.53. The lowest BCUT2D eigenvalue weighted by Gasteiger charge is -2.10. The standard InChI is InChI=1S/C14H19NO3S/c1-11(9-14(17)18)10-15-13(16)7-8-19-12-5-3-2-4-6-12/h2-6,11H,7-10H2,1H3,(H,15,16)(H,17,18). The third kappa shape index (κ3) is 7.51. The van der Waals surface area contributed by atoms with Gasteiger partial charge in [0.05, 0.1) is 0 Å². The van der Waals surface area contributed by atoms with Crippen molar-refractivity contribution in [3.63, 3.8) is 0 Å². The molecule has 0 aliphatic heterocycles. The molecule has 19 heavy (non-hydrogen) atoms. The number of carboxylic acid groups (broad SMARTS) is 1. The van der Waals surface area contributed by atoms with E-state index < -0.39 is 5.97 Å². The molecule has 104 valence electrons. The maximum absolute atomic E-state index is 11.6. The minimum atomic E-state index is -0.832. The summed E-state index contributed by atoms with van der Waals surface area (Å²) in [4.78, 5) is 23.2. The molecule has 0 aromatic heterocycles. The van der Waals surface area contributed by atoms with Gasteiger partial charge in [-0.25, -0.2) is 0 Å². The van der Waals surface area contributed by atoms with E-state index in [1.807, 2.05) is 37.3 Å². The van der Waals surface area contributed by atoms with Gasteiger partial charge in [0.15, 0.2) is 0 Å². The fraction of sp³-hybridized carbons (Fsp3) is 0.429. The van der Waals surface area contributed by atoms with Crippen LogP contribution in [0.2, 0.25) is 0 Å². The van der Waals surface area contributed by atoms with Crippen LogP contribution in [0.25, 0.3) is 0 Å². The highest BCUT2D eigenvalue weighted by Crippen LogP contribution is 2.17. The van der Waals surface area contributed by atoms with Crippen LogP contribution in [-0.4, -0.2) is 29.3 Å². The quantitative estimate of drug-likeness (QED) is 0.718. The highest BCUT2D eigenvalue weighted by molar-refractivity contribution is 7.99. The number of hydrogen-bond acceptors (Lipinski definition) is 3. The first-order valence-corrected chi connectivity index (χ1v) is 7.23. The number of carboxylic acids is 1. The van der Waals surface area contributed by atoms with E-state index in [-0.39, 0.29) is 18.2 Å². The van der Waals surface area contributed by atoms with E-state index >= 15 is 0 Å². The topological polar surface area (TPSA) is 66.4 Å². The lowest BCUT2D eigenvalue weighted by molar-refractivity contribution is -0.138. The third-order valence-electron chi connectivity index (χ3n) is 2.51. The molecular weight excluding hydrogens is 262 g/mol. The van der Waals surface area contributed by atoms with Crippen LogP contribution in [0, 0.1) is 5.92 Å². The van der Waals surface area contributed by atoms with Gasteiger partial charge in [-0.05, 0) is 18.1 Å². The largest absolute Gasteiger partial charge is 0.481 e. The summed E-state index contributed by atoms with van der Waals surface area (Å²) in [5, 5.41) is 11.4. The normalized spacial score (nSPS) is 11.8. The van der Waals surface area contributed by atoms with Crippen molar-refractivity contribution in [2.75, 3.05) is 12.3 Å².